The molecule has 0 N–H and O–H groups in total. The summed E-state index contributed by atoms with van der Waals surface area (Å²) < 4.78 is 4.76. The van der Waals surface area contributed by atoms with Crippen LogP contribution in [-0.4, -0.2) is 12.6 Å². The van der Waals surface area contributed by atoms with Gasteiger partial charge in [-0.15, -0.1) is 5.73 Å². The van der Waals surface area contributed by atoms with E-state index in [4.69, 9.17) is 4.74 Å². The van der Waals surface area contributed by atoms with Crippen molar-refractivity contribution in [3.63, 3.8) is 0 Å². The molecule has 0 aromatic heterocycles. The first-order valence-corrected chi connectivity index (χ1v) is 3.31. The van der Waals surface area contributed by atoms with Gasteiger partial charge in [0.2, 0.25) is 0 Å². The fourth-order valence-corrected chi connectivity index (χ4v) is 0.430. The third kappa shape index (κ3) is 5.13. The topological polar surface area (TPSA) is 26.3 Å². The second kappa shape index (κ2) is 6.12. The molecule has 0 aliphatic heterocycles. The van der Waals surface area contributed by atoms with Crippen LogP contribution in [0.25, 0.3) is 0 Å². The van der Waals surface area contributed by atoms with Crippen LogP contribution in [0, 0.1) is 0 Å². The third-order valence-electron chi connectivity index (χ3n) is 0.880. The van der Waals surface area contributed by atoms with E-state index in [2.05, 4.69) is 12.3 Å². The molecule has 0 heterocycles. The summed E-state index contributed by atoms with van der Waals surface area (Å²) in [4.78, 5) is 10.6. The van der Waals surface area contributed by atoms with Gasteiger partial charge in [-0.3, -0.25) is 4.79 Å². The zero-order valence-corrected chi connectivity index (χ0v) is 6.22. The molecule has 0 bridgehead atoms. The van der Waals surface area contributed by atoms with Crippen molar-refractivity contribution >= 4 is 5.97 Å². The smallest absolute Gasteiger partial charge is 0.310 e. The van der Waals surface area contributed by atoms with E-state index in [0.29, 0.717) is 6.61 Å². The number of esters is 1. The highest BCUT2D eigenvalue weighted by Gasteiger charge is 1.95. The summed E-state index contributed by atoms with van der Waals surface area (Å²) in [6.07, 6.45) is 2.70. The second-order valence-electron chi connectivity index (χ2n) is 1.83. The van der Waals surface area contributed by atoms with Crippen molar-refractivity contribution in [2.24, 2.45) is 0 Å². The standard InChI is InChI=1S/C8H12O2/c1-3-5-6-8(9)10-7-4-2/h5H,1,4,6-7H2,2H3. The molecule has 0 atom stereocenters. The third-order valence-corrected chi connectivity index (χ3v) is 0.880. The van der Waals surface area contributed by atoms with Gasteiger partial charge in [-0.2, -0.15) is 0 Å². The zero-order valence-electron chi connectivity index (χ0n) is 6.22. The normalized spacial score (nSPS) is 8.10. The van der Waals surface area contributed by atoms with E-state index in [9.17, 15) is 4.79 Å². The van der Waals surface area contributed by atoms with Crippen molar-refractivity contribution in [3.05, 3.63) is 18.4 Å². The van der Waals surface area contributed by atoms with Gasteiger partial charge >= 0.3 is 5.97 Å². The van der Waals surface area contributed by atoms with E-state index < -0.39 is 0 Å². The Bertz CT molecular complexity index is 143. The Morgan fingerprint density at radius 3 is 3.00 bits per heavy atom. The summed E-state index contributed by atoms with van der Waals surface area (Å²) in [5.74, 6) is -0.210. The van der Waals surface area contributed by atoms with Crippen LogP contribution in [0.2, 0.25) is 0 Å². The molecule has 2 nitrogen and oxygen atoms in total. The number of carbonyl (C=O) groups is 1. The molecule has 0 fully saturated rings. The first kappa shape index (κ1) is 8.99. The van der Waals surface area contributed by atoms with Crippen LogP contribution < -0.4 is 0 Å². The van der Waals surface area contributed by atoms with Crippen LogP contribution >= 0.6 is 0 Å². The van der Waals surface area contributed by atoms with Crippen LogP contribution in [0.15, 0.2) is 18.4 Å². The summed E-state index contributed by atoms with van der Waals surface area (Å²) in [7, 11) is 0. The Morgan fingerprint density at radius 1 is 1.80 bits per heavy atom. The fourth-order valence-electron chi connectivity index (χ4n) is 0.430. The predicted octanol–water partition coefficient (Wildman–Crippen LogP) is 1.67. The van der Waals surface area contributed by atoms with Crippen LogP contribution in [0.3, 0.4) is 0 Å². The minimum Gasteiger partial charge on any atom is -0.465 e. The molecule has 0 aliphatic carbocycles. The summed E-state index contributed by atoms with van der Waals surface area (Å²) in [5.41, 5.74) is 2.50. The lowest BCUT2D eigenvalue weighted by atomic mass is 10.4. The molecular weight excluding hydrogens is 128 g/mol. The van der Waals surface area contributed by atoms with Gasteiger partial charge in [0.15, 0.2) is 0 Å². The highest BCUT2D eigenvalue weighted by Crippen LogP contribution is 1.88. The van der Waals surface area contributed by atoms with Gasteiger partial charge in [0.05, 0.1) is 13.0 Å². The molecule has 0 rings (SSSR count). The SMILES string of the molecule is C=C=CCC(=O)OCCC. The maximum atomic E-state index is 10.6. The average molecular weight is 140 g/mol. The maximum Gasteiger partial charge on any atom is 0.310 e. The van der Waals surface area contributed by atoms with Crippen LogP contribution in [0.5, 0.6) is 0 Å². The molecule has 0 spiro atoms. The lowest BCUT2D eigenvalue weighted by molar-refractivity contribution is -0.142. The van der Waals surface area contributed by atoms with E-state index >= 15 is 0 Å². The van der Waals surface area contributed by atoms with Gasteiger partial charge in [0.25, 0.3) is 0 Å². The molecule has 2 heteroatoms. The van der Waals surface area contributed by atoms with Crippen LogP contribution in [0.4, 0.5) is 0 Å². The molecule has 10 heavy (non-hydrogen) atoms. The van der Waals surface area contributed by atoms with Crippen molar-refractivity contribution in [2.75, 3.05) is 6.61 Å². The van der Waals surface area contributed by atoms with Crippen molar-refractivity contribution < 1.29 is 9.53 Å². The molecule has 0 aromatic carbocycles. The summed E-state index contributed by atoms with van der Waals surface area (Å²) in [5, 5.41) is 0. The van der Waals surface area contributed by atoms with Gasteiger partial charge in [0.1, 0.15) is 0 Å². The average Bonchev–Trinajstić information content (AvgIpc) is 1.97. The Hall–Kier alpha value is -1.01. The van der Waals surface area contributed by atoms with Gasteiger partial charge in [-0.25, -0.2) is 0 Å². The quantitative estimate of drug-likeness (QED) is 0.438. The highest BCUT2D eigenvalue weighted by atomic mass is 16.5. The first-order chi connectivity index (χ1) is 4.81. The highest BCUT2D eigenvalue weighted by molar-refractivity contribution is 5.70. The zero-order chi connectivity index (χ0) is 7.82. The largest absolute Gasteiger partial charge is 0.465 e. The van der Waals surface area contributed by atoms with E-state index in [1.807, 2.05) is 6.92 Å². The Labute approximate surface area is 61.2 Å². The summed E-state index contributed by atoms with van der Waals surface area (Å²) in [6.45, 7) is 5.78. The summed E-state index contributed by atoms with van der Waals surface area (Å²) in [6, 6.07) is 0. The van der Waals surface area contributed by atoms with Gasteiger partial charge in [-0.05, 0) is 12.5 Å². The van der Waals surface area contributed by atoms with E-state index in [1.165, 1.54) is 0 Å². The molecule has 56 valence electrons. The number of rotatable bonds is 4. The molecule has 0 saturated carbocycles. The van der Waals surface area contributed by atoms with E-state index in [1.54, 1.807) is 6.08 Å². The molecule has 0 aromatic rings. The Kier molecular flexibility index (Phi) is 5.50. The molecular formula is C8H12O2. The second-order valence-corrected chi connectivity index (χ2v) is 1.83. The minimum atomic E-state index is -0.210. The van der Waals surface area contributed by atoms with Gasteiger partial charge < -0.3 is 4.74 Å². The van der Waals surface area contributed by atoms with Crippen molar-refractivity contribution in [3.8, 4) is 0 Å². The maximum absolute atomic E-state index is 10.6. The van der Waals surface area contributed by atoms with Gasteiger partial charge in [-0.1, -0.05) is 13.5 Å². The van der Waals surface area contributed by atoms with Crippen molar-refractivity contribution in [1.29, 1.82) is 0 Å². The Balaban J connectivity index is 3.34. The van der Waals surface area contributed by atoms with Crippen LogP contribution in [0.1, 0.15) is 19.8 Å². The number of hydrogen-bond donors (Lipinski definition) is 0. The van der Waals surface area contributed by atoms with Crippen molar-refractivity contribution in [2.45, 2.75) is 19.8 Å². The fraction of sp³-hybridized carbons (Fsp3) is 0.500. The molecule has 0 saturated heterocycles. The lowest BCUT2D eigenvalue weighted by Crippen LogP contribution is -2.02. The monoisotopic (exact) mass is 140 g/mol. The molecule has 0 radical (unpaired) electrons. The number of carbonyl (C=O) groups excluding carboxylic acids is 1. The number of ether oxygens (including phenoxy) is 1. The van der Waals surface area contributed by atoms with Crippen LogP contribution in [-0.2, 0) is 9.53 Å². The molecule has 0 aliphatic rings. The Morgan fingerprint density at radius 2 is 2.50 bits per heavy atom. The van der Waals surface area contributed by atoms with Gasteiger partial charge in [0, 0.05) is 0 Å². The van der Waals surface area contributed by atoms with Crippen molar-refractivity contribution in [1.82, 2.24) is 0 Å². The van der Waals surface area contributed by atoms with E-state index in [0.717, 1.165) is 6.42 Å². The first-order valence-electron chi connectivity index (χ1n) is 3.31. The molecule has 0 unspecified atom stereocenters. The minimum absolute atomic E-state index is 0.210. The predicted molar refractivity (Wildman–Crippen MR) is 39.6 cm³/mol. The molecule has 0 amide bonds. The number of hydrogen-bond acceptors (Lipinski definition) is 2. The van der Waals surface area contributed by atoms with E-state index in [-0.39, 0.29) is 12.4 Å². The summed E-state index contributed by atoms with van der Waals surface area (Å²) >= 11 is 0. The lowest BCUT2D eigenvalue weighted by Gasteiger charge is -1.97.